The van der Waals surface area contributed by atoms with Crippen LogP contribution in [0.3, 0.4) is 0 Å². The van der Waals surface area contributed by atoms with Crippen LogP contribution in [0.15, 0.2) is 29.0 Å². The molecule has 1 atom stereocenters. The Morgan fingerprint density at radius 3 is 2.90 bits per heavy atom. The number of nitrogens with zero attached hydrogens (tertiary/aromatic N) is 1. The number of aliphatic hydroxyl groups excluding tert-OH is 1. The van der Waals surface area contributed by atoms with Crippen LogP contribution in [-0.4, -0.2) is 22.7 Å². The summed E-state index contributed by atoms with van der Waals surface area (Å²) >= 11 is 1.51. The molecule has 106 valence electrons. The molecule has 0 radical (unpaired) electrons. The van der Waals surface area contributed by atoms with Gasteiger partial charge in [-0.3, -0.25) is 5.32 Å². The average molecular weight is 291 g/mol. The van der Waals surface area contributed by atoms with Gasteiger partial charge in [0.1, 0.15) is 5.82 Å². The van der Waals surface area contributed by atoms with Crippen molar-refractivity contribution in [2.45, 2.75) is 20.0 Å². The number of carbonyl (C=O) groups excluding carboxylic acids is 1. The van der Waals surface area contributed by atoms with Crippen LogP contribution in [0.1, 0.15) is 22.9 Å². The van der Waals surface area contributed by atoms with E-state index < -0.39 is 6.10 Å². The molecule has 0 aliphatic heterocycles. The van der Waals surface area contributed by atoms with Crippen molar-refractivity contribution >= 4 is 23.2 Å². The second-order valence-electron chi connectivity index (χ2n) is 4.58. The molecule has 5 nitrogen and oxygen atoms in total. The number of hydrogen-bond donors (Lipinski definition) is 3. The Bertz CT molecular complexity index is 564. The quantitative estimate of drug-likeness (QED) is 0.810. The van der Waals surface area contributed by atoms with Crippen LogP contribution < -0.4 is 10.6 Å². The lowest BCUT2D eigenvalue weighted by molar-refractivity contribution is 0.175. The van der Waals surface area contributed by atoms with Crippen molar-refractivity contribution in [3.63, 3.8) is 0 Å². The molecule has 0 aliphatic rings. The van der Waals surface area contributed by atoms with Crippen molar-refractivity contribution < 1.29 is 9.90 Å². The van der Waals surface area contributed by atoms with Crippen molar-refractivity contribution in [3.05, 3.63) is 45.8 Å². The number of amides is 2. The lowest BCUT2D eigenvalue weighted by atomic mass is 10.2. The van der Waals surface area contributed by atoms with Crippen LogP contribution >= 0.6 is 11.3 Å². The third-order valence-corrected chi connectivity index (χ3v) is 3.42. The van der Waals surface area contributed by atoms with Gasteiger partial charge in [0.25, 0.3) is 0 Å². The Balaban J connectivity index is 1.86. The van der Waals surface area contributed by atoms with Gasteiger partial charge < -0.3 is 10.4 Å². The maximum absolute atomic E-state index is 11.7. The van der Waals surface area contributed by atoms with Gasteiger partial charge in [-0.25, -0.2) is 9.78 Å². The minimum absolute atomic E-state index is 0.160. The van der Waals surface area contributed by atoms with Gasteiger partial charge in [0.15, 0.2) is 0 Å². The minimum Gasteiger partial charge on any atom is -0.387 e. The monoisotopic (exact) mass is 291 g/mol. The molecule has 0 unspecified atom stereocenters. The van der Waals surface area contributed by atoms with Crippen LogP contribution in [0, 0.1) is 13.8 Å². The zero-order valence-corrected chi connectivity index (χ0v) is 12.2. The second kappa shape index (κ2) is 6.49. The first-order chi connectivity index (χ1) is 9.54. The Hall–Kier alpha value is -1.92. The summed E-state index contributed by atoms with van der Waals surface area (Å²) in [5, 5.41) is 18.9. The predicted molar refractivity (Wildman–Crippen MR) is 80.0 cm³/mol. The van der Waals surface area contributed by atoms with Crippen molar-refractivity contribution in [3.8, 4) is 0 Å². The summed E-state index contributed by atoms with van der Waals surface area (Å²) in [7, 11) is 0. The number of pyridine rings is 1. The van der Waals surface area contributed by atoms with E-state index in [0.717, 1.165) is 16.8 Å². The number of thiophene rings is 1. The summed E-state index contributed by atoms with van der Waals surface area (Å²) in [5.41, 5.74) is 2.68. The lowest BCUT2D eigenvalue weighted by Crippen LogP contribution is -2.32. The van der Waals surface area contributed by atoms with E-state index in [1.165, 1.54) is 11.3 Å². The van der Waals surface area contributed by atoms with Crippen LogP contribution in [0.5, 0.6) is 0 Å². The largest absolute Gasteiger partial charge is 0.387 e. The fraction of sp³-hybridized carbons (Fsp3) is 0.286. The lowest BCUT2D eigenvalue weighted by Gasteiger charge is -2.11. The van der Waals surface area contributed by atoms with E-state index in [4.69, 9.17) is 0 Å². The molecule has 2 rings (SSSR count). The van der Waals surface area contributed by atoms with E-state index in [-0.39, 0.29) is 12.6 Å². The number of urea groups is 1. The number of aromatic nitrogens is 1. The molecule has 0 saturated carbocycles. The predicted octanol–water partition coefficient (Wildman–Crippen LogP) is 2.62. The Kier molecular flexibility index (Phi) is 4.70. The summed E-state index contributed by atoms with van der Waals surface area (Å²) in [5.74, 6) is 0.505. The number of rotatable bonds is 4. The van der Waals surface area contributed by atoms with E-state index in [9.17, 15) is 9.90 Å². The van der Waals surface area contributed by atoms with Gasteiger partial charge in [-0.05, 0) is 53.9 Å². The Morgan fingerprint density at radius 1 is 1.45 bits per heavy atom. The number of nitrogens with one attached hydrogen (secondary N) is 2. The van der Waals surface area contributed by atoms with E-state index in [2.05, 4.69) is 15.6 Å². The standard InChI is InChI=1S/C14H17N3O2S/c1-9-5-10(2)16-13(6-9)17-14(19)15-7-12(18)11-3-4-20-8-11/h3-6,8,12,18H,7H2,1-2H3,(H2,15,16,17,19)/t12-/m0/s1. The maximum atomic E-state index is 11.7. The van der Waals surface area contributed by atoms with Crippen LogP contribution in [-0.2, 0) is 0 Å². The van der Waals surface area contributed by atoms with Crippen molar-refractivity contribution in [2.75, 3.05) is 11.9 Å². The Morgan fingerprint density at radius 2 is 2.25 bits per heavy atom. The highest BCUT2D eigenvalue weighted by Gasteiger charge is 2.10. The summed E-state index contributed by atoms with van der Waals surface area (Å²) in [6.45, 7) is 3.97. The van der Waals surface area contributed by atoms with Crippen molar-refractivity contribution in [1.82, 2.24) is 10.3 Å². The molecule has 20 heavy (non-hydrogen) atoms. The number of carbonyl (C=O) groups is 1. The molecule has 0 spiro atoms. The van der Waals surface area contributed by atoms with Crippen LogP contribution in [0.25, 0.3) is 0 Å². The molecule has 2 aromatic rings. The summed E-state index contributed by atoms with van der Waals surface area (Å²) in [6.07, 6.45) is -0.695. The molecule has 2 heterocycles. The van der Waals surface area contributed by atoms with Crippen LogP contribution in [0.4, 0.5) is 10.6 Å². The van der Waals surface area contributed by atoms with Crippen molar-refractivity contribution in [2.24, 2.45) is 0 Å². The van der Waals surface area contributed by atoms with Gasteiger partial charge in [0, 0.05) is 12.2 Å². The number of anilines is 1. The SMILES string of the molecule is Cc1cc(C)nc(NC(=O)NC[C@H](O)c2ccsc2)c1. The number of aryl methyl sites for hydroxylation is 2. The molecule has 0 fully saturated rings. The molecule has 3 N–H and O–H groups in total. The Labute approximate surface area is 121 Å². The highest BCUT2D eigenvalue weighted by molar-refractivity contribution is 7.07. The van der Waals surface area contributed by atoms with Gasteiger partial charge in [0.05, 0.1) is 6.10 Å². The van der Waals surface area contributed by atoms with Gasteiger partial charge >= 0.3 is 6.03 Å². The normalized spacial score (nSPS) is 11.9. The molecule has 2 aromatic heterocycles. The van der Waals surface area contributed by atoms with Crippen molar-refractivity contribution in [1.29, 1.82) is 0 Å². The van der Waals surface area contributed by atoms with Gasteiger partial charge in [0.2, 0.25) is 0 Å². The zero-order chi connectivity index (χ0) is 14.5. The van der Waals surface area contributed by atoms with E-state index in [1.807, 2.05) is 36.7 Å². The molecular weight excluding hydrogens is 274 g/mol. The first kappa shape index (κ1) is 14.5. The molecular formula is C14H17N3O2S. The fourth-order valence-corrected chi connectivity index (χ4v) is 2.54. The fourth-order valence-electron chi connectivity index (χ4n) is 1.84. The summed E-state index contributed by atoms with van der Waals surface area (Å²) < 4.78 is 0. The molecule has 0 bridgehead atoms. The van der Waals surface area contributed by atoms with Gasteiger partial charge in [-0.15, -0.1) is 0 Å². The first-order valence-electron chi connectivity index (χ1n) is 6.25. The molecule has 2 amide bonds. The van der Waals surface area contributed by atoms with E-state index in [0.29, 0.717) is 5.82 Å². The number of hydrogen-bond acceptors (Lipinski definition) is 4. The molecule has 0 aliphatic carbocycles. The molecule has 0 saturated heterocycles. The van der Waals surface area contributed by atoms with Crippen LogP contribution in [0.2, 0.25) is 0 Å². The highest BCUT2D eigenvalue weighted by Crippen LogP contribution is 2.15. The van der Waals surface area contributed by atoms with Gasteiger partial charge in [-0.1, -0.05) is 0 Å². The maximum Gasteiger partial charge on any atom is 0.320 e. The van der Waals surface area contributed by atoms with Gasteiger partial charge in [-0.2, -0.15) is 11.3 Å². The zero-order valence-electron chi connectivity index (χ0n) is 11.4. The topological polar surface area (TPSA) is 74.2 Å². The average Bonchev–Trinajstić information content (AvgIpc) is 2.88. The molecule has 0 aromatic carbocycles. The first-order valence-corrected chi connectivity index (χ1v) is 7.19. The highest BCUT2D eigenvalue weighted by atomic mass is 32.1. The van der Waals surface area contributed by atoms with E-state index in [1.54, 1.807) is 6.07 Å². The smallest absolute Gasteiger partial charge is 0.320 e. The molecule has 6 heteroatoms. The number of aliphatic hydroxyl groups is 1. The summed E-state index contributed by atoms with van der Waals surface area (Å²) in [6, 6.07) is 5.18. The third kappa shape index (κ3) is 4.04. The van der Waals surface area contributed by atoms with E-state index >= 15 is 0 Å². The second-order valence-corrected chi connectivity index (χ2v) is 5.36. The minimum atomic E-state index is -0.695. The summed E-state index contributed by atoms with van der Waals surface area (Å²) in [4.78, 5) is 16.0. The third-order valence-electron chi connectivity index (χ3n) is 2.72.